The van der Waals surface area contributed by atoms with Gasteiger partial charge in [0.15, 0.2) is 0 Å². The van der Waals surface area contributed by atoms with E-state index in [2.05, 4.69) is 24.1 Å². The molecule has 0 atom stereocenters. The summed E-state index contributed by atoms with van der Waals surface area (Å²) in [6.07, 6.45) is 0. The number of amides is 1. The van der Waals surface area contributed by atoms with E-state index in [9.17, 15) is 13.2 Å². The van der Waals surface area contributed by atoms with Gasteiger partial charge in [0.1, 0.15) is 0 Å². The van der Waals surface area contributed by atoms with E-state index < -0.39 is 10.0 Å². The highest BCUT2D eigenvalue weighted by molar-refractivity contribution is 7.88. The molecule has 3 rings (SSSR count). The van der Waals surface area contributed by atoms with Crippen LogP contribution >= 0.6 is 0 Å². The van der Waals surface area contributed by atoms with Crippen molar-refractivity contribution in [3.05, 3.63) is 65.2 Å². The Morgan fingerprint density at radius 1 is 1.00 bits per heavy atom. The number of sulfonamides is 1. The maximum Gasteiger partial charge on any atom is 0.255 e. The molecule has 29 heavy (non-hydrogen) atoms. The van der Waals surface area contributed by atoms with Gasteiger partial charge in [0.25, 0.3) is 5.91 Å². The lowest BCUT2D eigenvalue weighted by Gasteiger charge is -2.31. The maximum absolute atomic E-state index is 12.7. The van der Waals surface area contributed by atoms with Crippen LogP contribution in [0, 0.1) is 0 Å². The Morgan fingerprint density at radius 2 is 1.62 bits per heavy atom. The van der Waals surface area contributed by atoms with Crippen LogP contribution in [-0.2, 0) is 15.8 Å². The highest BCUT2D eigenvalue weighted by Crippen LogP contribution is 2.24. The van der Waals surface area contributed by atoms with Gasteiger partial charge in [0.2, 0.25) is 10.0 Å². The summed E-state index contributed by atoms with van der Waals surface area (Å²) in [5, 5.41) is 2.96. The fraction of sp³-hybridized carbons (Fsp3) is 0.409. The number of benzene rings is 2. The third-order valence-corrected chi connectivity index (χ3v) is 7.10. The van der Waals surface area contributed by atoms with E-state index in [1.807, 2.05) is 31.3 Å². The first kappa shape index (κ1) is 21.5. The smallest absolute Gasteiger partial charge is 0.255 e. The lowest BCUT2D eigenvalue weighted by atomic mass is 10.0. The van der Waals surface area contributed by atoms with Crippen molar-refractivity contribution in [3.8, 4) is 0 Å². The standard InChI is InChI=1S/C22H29N3O3S/c1-17(2)20-6-4-5-7-21(20)23-22(26)19-10-8-18(9-11-19)16-29(27,28)25-14-12-24(3)13-15-25/h4-11,17H,12-16H2,1-3H3,(H,23,26). The van der Waals surface area contributed by atoms with Crippen LogP contribution in [0.15, 0.2) is 48.5 Å². The number of piperazine rings is 1. The lowest BCUT2D eigenvalue weighted by molar-refractivity contribution is 0.102. The zero-order valence-corrected chi connectivity index (χ0v) is 18.1. The minimum Gasteiger partial charge on any atom is -0.322 e. The van der Waals surface area contributed by atoms with Crippen LogP contribution in [0.4, 0.5) is 5.69 Å². The molecule has 0 aromatic heterocycles. The van der Waals surface area contributed by atoms with Crippen molar-refractivity contribution in [1.82, 2.24) is 9.21 Å². The third-order valence-electron chi connectivity index (χ3n) is 5.25. The van der Waals surface area contributed by atoms with Crippen LogP contribution in [0.2, 0.25) is 0 Å². The molecule has 7 heteroatoms. The molecular weight excluding hydrogens is 386 g/mol. The first-order valence-corrected chi connectivity index (χ1v) is 11.5. The van der Waals surface area contributed by atoms with Crippen LogP contribution in [0.5, 0.6) is 0 Å². The van der Waals surface area contributed by atoms with Gasteiger partial charge in [-0.15, -0.1) is 0 Å². The summed E-state index contributed by atoms with van der Waals surface area (Å²) < 4.78 is 26.9. The summed E-state index contributed by atoms with van der Waals surface area (Å²) in [7, 11) is -1.36. The maximum atomic E-state index is 12.7. The molecule has 0 unspecified atom stereocenters. The Bertz CT molecular complexity index is 948. The van der Waals surface area contributed by atoms with Crippen LogP contribution in [0.3, 0.4) is 0 Å². The highest BCUT2D eigenvalue weighted by Gasteiger charge is 2.25. The highest BCUT2D eigenvalue weighted by atomic mass is 32.2. The average molecular weight is 416 g/mol. The Hall–Kier alpha value is -2.22. The molecule has 0 saturated carbocycles. The van der Waals surface area contributed by atoms with Crippen molar-refractivity contribution in [2.45, 2.75) is 25.5 Å². The summed E-state index contributed by atoms with van der Waals surface area (Å²) in [6.45, 7) is 6.71. The van der Waals surface area contributed by atoms with Crippen LogP contribution in [0.25, 0.3) is 0 Å². The molecule has 2 aromatic rings. The molecular formula is C22H29N3O3S. The molecule has 0 bridgehead atoms. The number of rotatable bonds is 6. The normalized spacial score (nSPS) is 16.1. The molecule has 0 aliphatic carbocycles. The first-order chi connectivity index (χ1) is 13.8. The van der Waals surface area contributed by atoms with E-state index in [0.717, 1.165) is 24.3 Å². The Kier molecular flexibility index (Phi) is 6.72. The Balaban J connectivity index is 1.66. The molecule has 6 nitrogen and oxygen atoms in total. The van der Waals surface area contributed by atoms with E-state index in [0.29, 0.717) is 30.1 Å². The zero-order valence-electron chi connectivity index (χ0n) is 17.3. The summed E-state index contributed by atoms with van der Waals surface area (Å²) in [4.78, 5) is 14.7. The lowest BCUT2D eigenvalue weighted by Crippen LogP contribution is -2.47. The van der Waals surface area contributed by atoms with E-state index in [1.54, 1.807) is 28.6 Å². The van der Waals surface area contributed by atoms with Crippen molar-refractivity contribution < 1.29 is 13.2 Å². The summed E-state index contributed by atoms with van der Waals surface area (Å²) >= 11 is 0. The number of likely N-dealkylation sites (N-methyl/N-ethyl adjacent to an activating group) is 1. The molecule has 1 fully saturated rings. The molecule has 0 spiro atoms. The number of carbonyl (C=O) groups is 1. The van der Waals surface area contributed by atoms with Crippen molar-refractivity contribution in [1.29, 1.82) is 0 Å². The molecule has 1 heterocycles. The SMILES string of the molecule is CC(C)c1ccccc1NC(=O)c1ccc(CS(=O)(=O)N2CCN(C)CC2)cc1. The quantitative estimate of drug-likeness (QED) is 0.787. The first-order valence-electron chi connectivity index (χ1n) is 9.92. The summed E-state index contributed by atoms with van der Waals surface area (Å²) in [5.74, 6) is 0.0506. The number of nitrogens with one attached hydrogen (secondary N) is 1. The zero-order chi connectivity index (χ0) is 21.0. The van der Waals surface area contributed by atoms with Gasteiger partial charge in [-0.25, -0.2) is 8.42 Å². The molecule has 1 saturated heterocycles. The number of hydrogen-bond donors (Lipinski definition) is 1. The molecule has 1 amide bonds. The van der Waals surface area contributed by atoms with Crippen molar-refractivity contribution in [3.63, 3.8) is 0 Å². The van der Waals surface area contributed by atoms with E-state index in [1.165, 1.54) is 0 Å². The fourth-order valence-corrected chi connectivity index (χ4v) is 4.95. The van der Waals surface area contributed by atoms with Gasteiger partial charge in [-0.2, -0.15) is 4.31 Å². The number of carbonyl (C=O) groups excluding carboxylic acids is 1. The fourth-order valence-electron chi connectivity index (χ4n) is 3.43. The van der Waals surface area contributed by atoms with Gasteiger partial charge >= 0.3 is 0 Å². The van der Waals surface area contributed by atoms with Gasteiger partial charge in [-0.05, 0) is 42.3 Å². The van der Waals surface area contributed by atoms with Gasteiger partial charge in [-0.1, -0.05) is 44.2 Å². The van der Waals surface area contributed by atoms with E-state index >= 15 is 0 Å². The molecule has 0 radical (unpaired) electrons. The van der Waals surface area contributed by atoms with E-state index in [-0.39, 0.29) is 11.7 Å². The topological polar surface area (TPSA) is 69.7 Å². The minimum atomic E-state index is -3.35. The van der Waals surface area contributed by atoms with Crippen LogP contribution in [0.1, 0.15) is 41.3 Å². The Labute approximate surface area is 173 Å². The van der Waals surface area contributed by atoms with Gasteiger partial charge in [0, 0.05) is 37.4 Å². The second-order valence-electron chi connectivity index (χ2n) is 7.85. The predicted octanol–water partition coefficient (Wildman–Crippen LogP) is 3.14. The predicted molar refractivity (Wildman–Crippen MR) is 117 cm³/mol. The number of hydrogen-bond acceptors (Lipinski definition) is 4. The second kappa shape index (κ2) is 9.07. The van der Waals surface area contributed by atoms with Crippen LogP contribution < -0.4 is 5.32 Å². The monoisotopic (exact) mass is 415 g/mol. The van der Waals surface area contributed by atoms with Gasteiger partial charge < -0.3 is 10.2 Å². The summed E-state index contributed by atoms with van der Waals surface area (Å²) in [5.41, 5.74) is 3.07. The van der Waals surface area contributed by atoms with Crippen molar-refractivity contribution in [2.24, 2.45) is 0 Å². The van der Waals surface area contributed by atoms with Crippen LogP contribution in [-0.4, -0.2) is 56.8 Å². The van der Waals surface area contributed by atoms with Crippen molar-refractivity contribution in [2.75, 3.05) is 38.5 Å². The molecule has 2 aromatic carbocycles. The molecule has 156 valence electrons. The average Bonchev–Trinajstić information content (AvgIpc) is 2.69. The second-order valence-corrected chi connectivity index (χ2v) is 9.82. The number of nitrogens with zero attached hydrogens (tertiary/aromatic N) is 2. The largest absolute Gasteiger partial charge is 0.322 e. The van der Waals surface area contributed by atoms with E-state index in [4.69, 9.17) is 0 Å². The minimum absolute atomic E-state index is 0.0468. The van der Waals surface area contributed by atoms with Gasteiger partial charge in [0.05, 0.1) is 5.75 Å². The number of para-hydroxylation sites is 1. The van der Waals surface area contributed by atoms with Gasteiger partial charge in [-0.3, -0.25) is 4.79 Å². The summed E-state index contributed by atoms with van der Waals surface area (Å²) in [6, 6.07) is 14.6. The third kappa shape index (κ3) is 5.44. The Morgan fingerprint density at radius 3 is 2.24 bits per heavy atom. The molecule has 1 aliphatic rings. The van der Waals surface area contributed by atoms with Crippen molar-refractivity contribution >= 4 is 21.6 Å². The molecule has 1 N–H and O–H groups in total. The molecule has 1 aliphatic heterocycles. The number of anilines is 1.